The lowest BCUT2D eigenvalue weighted by molar-refractivity contribution is 0.120. The SMILES string of the molecule is CCNC(=NCC(C)(C)c1ccc(C)cc1)NC1CCC(O)CC1.I. The summed E-state index contributed by atoms with van der Waals surface area (Å²) in [5.74, 6) is 0.888. The van der Waals surface area contributed by atoms with E-state index < -0.39 is 0 Å². The summed E-state index contributed by atoms with van der Waals surface area (Å²) in [6.07, 6.45) is 3.65. The molecule has 0 radical (unpaired) electrons. The van der Waals surface area contributed by atoms with Gasteiger partial charge in [-0.05, 0) is 45.1 Å². The van der Waals surface area contributed by atoms with Gasteiger partial charge >= 0.3 is 0 Å². The molecule has 0 spiro atoms. The van der Waals surface area contributed by atoms with Crippen molar-refractivity contribution in [3.63, 3.8) is 0 Å². The molecule has 0 saturated heterocycles. The van der Waals surface area contributed by atoms with Crippen LogP contribution in [0.1, 0.15) is 57.6 Å². The standard InChI is InChI=1S/C20H33N3O.HI/c1-5-21-19(23-17-10-12-18(24)13-11-17)22-14-20(3,4)16-8-6-15(2)7-9-16;/h6-9,17-18,24H,5,10-14H2,1-4H3,(H2,21,22,23);1H. The van der Waals surface area contributed by atoms with Gasteiger partial charge < -0.3 is 15.7 Å². The Morgan fingerprint density at radius 2 is 1.76 bits per heavy atom. The summed E-state index contributed by atoms with van der Waals surface area (Å²) in [6.45, 7) is 10.3. The van der Waals surface area contributed by atoms with Gasteiger partial charge in [-0.2, -0.15) is 0 Å². The molecule has 5 heteroatoms. The number of hydrogen-bond acceptors (Lipinski definition) is 2. The zero-order valence-electron chi connectivity index (χ0n) is 16.0. The fourth-order valence-corrected chi connectivity index (χ4v) is 3.11. The Morgan fingerprint density at radius 3 is 2.32 bits per heavy atom. The second kappa shape index (κ2) is 10.4. The van der Waals surface area contributed by atoms with Crippen LogP contribution in [0, 0.1) is 6.92 Å². The minimum absolute atomic E-state index is 0. The molecule has 1 aliphatic rings. The van der Waals surface area contributed by atoms with E-state index in [2.05, 4.69) is 62.6 Å². The van der Waals surface area contributed by atoms with Crippen molar-refractivity contribution in [2.75, 3.05) is 13.1 Å². The third kappa shape index (κ3) is 7.13. The van der Waals surface area contributed by atoms with Crippen molar-refractivity contribution in [3.8, 4) is 0 Å². The topological polar surface area (TPSA) is 56.7 Å². The lowest BCUT2D eigenvalue weighted by Gasteiger charge is -2.28. The highest BCUT2D eigenvalue weighted by Gasteiger charge is 2.22. The van der Waals surface area contributed by atoms with Gasteiger partial charge in [0.25, 0.3) is 0 Å². The number of aryl methyl sites for hydroxylation is 1. The van der Waals surface area contributed by atoms with Gasteiger partial charge in [0.15, 0.2) is 5.96 Å². The van der Waals surface area contributed by atoms with Crippen molar-refractivity contribution in [1.29, 1.82) is 0 Å². The Labute approximate surface area is 169 Å². The van der Waals surface area contributed by atoms with Gasteiger partial charge in [-0.1, -0.05) is 43.7 Å². The smallest absolute Gasteiger partial charge is 0.191 e. The first kappa shape index (κ1) is 22.2. The van der Waals surface area contributed by atoms with Crippen LogP contribution in [-0.4, -0.2) is 36.3 Å². The van der Waals surface area contributed by atoms with E-state index in [1.54, 1.807) is 0 Å². The Kier molecular flexibility index (Phi) is 9.21. The average Bonchev–Trinajstić information content (AvgIpc) is 2.55. The summed E-state index contributed by atoms with van der Waals surface area (Å²) < 4.78 is 0. The van der Waals surface area contributed by atoms with E-state index in [4.69, 9.17) is 4.99 Å². The summed E-state index contributed by atoms with van der Waals surface area (Å²) in [4.78, 5) is 4.83. The molecule has 1 aliphatic carbocycles. The Morgan fingerprint density at radius 1 is 1.16 bits per heavy atom. The van der Waals surface area contributed by atoms with E-state index in [1.807, 2.05) is 0 Å². The highest BCUT2D eigenvalue weighted by molar-refractivity contribution is 14.0. The molecule has 3 N–H and O–H groups in total. The Balaban J connectivity index is 0.00000312. The minimum Gasteiger partial charge on any atom is -0.393 e. The number of guanidine groups is 1. The summed E-state index contributed by atoms with van der Waals surface area (Å²) >= 11 is 0. The van der Waals surface area contributed by atoms with E-state index >= 15 is 0 Å². The maximum absolute atomic E-state index is 9.65. The largest absolute Gasteiger partial charge is 0.393 e. The second-order valence-corrected chi connectivity index (χ2v) is 7.59. The monoisotopic (exact) mass is 459 g/mol. The molecular weight excluding hydrogens is 425 g/mol. The quantitative estimate of drug-likeness (QED) is 0.357. The van der Waals surface area contributed by atoms with Crippen molar-refractivity contribution in [1.82, 2.24) is 10.6 Å². The lowest BCUT2D eigenvalue weighted by Crippen LogP contribution is -2.45. The van der Waals surface area contributed by atoms with Crippen LogP contribution in [0.5, 0.6) is 0 Å². The molecule has 25 heavy (non-hydrogen) atoms. The van der Waals surface area contributed by atoms with Crippen molar-refractivity contribution in [2.24, 2.45) is 4.99 Å². The maximum Gasteiger partial charge on any atom is 0.191 e. The van der Waals surface area contributed by atoms with Gasteiger partial charge in [0.05, 0.1) is 12.6 Å². The zero-order chi connectivity index (χ0) is 17.6. The number of nitrogens with one attached hydrogen (secondary N) is 2. The number of aliphatic hydroxyl groups excluding tert-OH is 1. The van der Waals surface area contributed by atoms with E-state index in [0.717, 1.165) is 44.7 Å². The molecule has 4 nitrogen and oxygen atoms in total. The predicted molar refractivity (Wildman–Crippen MR) is 117 cm³/mol. The number of aliphatic imine (C=N–C) groups is 1. The first-order valence-electron chi connectivity index (χ1n) is 9.21. The molecule has 1 aromatic rings. The Bertz CT molecular complexity index is 534. The van der Waals surface area contributed by atoms with Gasteiger partial charge in [-0.15, -0.1) is 24.0 Å². The number of nitrogens with zero attached hydrogens (tertiary/aromatic N) is 1. The third-order valence-electron chi connectivity index (χ3n) is 4.85. The van der Waals surface area contributed by atoms with E-state index in [-0.39, 0.29) is 35.5 Å². The molecule has 1 fully saturated rings. The first-order valence-corrected chi connectivity index (χ1v) is 9.21. The molecule has 1 aromatic carbocycles. The van der Waals surface area contributed by atoms with Crippen LogP contribution in [0.3, 0.4) is 0 Å². The molecule has 0 aliphatic heterocycles. The zero-order valence-corrected chi connectivity index (χ0v) is 18.3. The van der Waals surface area contributed by atoms with E-state index in [9.17, 15) is 5.11 Å². The fraction of sp³-hybridized carbons (Fsp3) is 0.650. The summed E-state index contributed by atoms with van der Waals surface area (Å²) in [5, 5.41) is 16.5. The van der Waals surface area contributed by atoms with E-state index in [0.29, 0.717) is 6.04 Å². The number of halogens is 1. The second-order valence-electron chi connectivity index (χ2n) is 7.59. The molecular formula is C20H34IN3O. The Hall–Kier alpha value is -0.820. The number of benzene rings is 1. The lowest BCUT2D eigenvalue weighted by atomic mass is 9.84. The highest BCUT2D eigenvalue weighted by atomic mass is 127. The molecule has 0 atom stereocenters. The molecule has 0 amide bonds. The van der Waals surface area contributed by atoms with E-state index in [1.165, 1.54) is 11.1 Å². The van der Waals surface area contributed by atoms with Gasteiger partial charge in [0.1, 0.15) is 0 Å². The van der Waals surface area contributed by atoms with Crippen LogP contribution >= 0.6 is 24.0 Å². The third-order valence-corrected chi connectivity index (χ3v) is 4.85. The number of aliphatic hydroxyl groups is 1. The maximum atomic E-state index is 9.65. The summed E-state index contributed by atoms with van der Waals surface area (Å²) in [5.41, 5.74) is 2.60. The van der Waals surface area contributed by atoms with Crippen LogP contribution < -0.4 is 10.6 Å². The van der Waals surface area contributed by atoms with Crippen LogP contribution in [0.4, 0.5) is 0 Å². The molecule has 2 rings (SSSR count). The minimum atomic E-state index is -0.122. The highest BCUT2D eigenvalue weighted by Crippen LogP contribution is 2.24. The molecule has 0 bridgehead atoms. The number of rotatable bonds is 5. The summed E-state index contributed by atoms with van der Waals surface area (Å²) in [6, 6.07) is 9.14. The van der Waals surface area contributed by atoms with Crippen LogP contribution in [0.25, 0.3) is 0 Å². The number of hydrogen-bond donors (Lipinski definition) is 3. The van der Waals surface area contributed by atoms with Crippen molar-refractivity contribution in [2.45, 2.75) is 70.9 Å². The van der Waals surface area contributed by atoms with Gasteiger partial charge in [0.2, 0.25) is 0 Å². The van der Waals surface area contributed by atoms with Gasteiger partial charge in [0, 0.05) is 18.0 Å². The molecule has 142 valence electrons. The van der Waals surface area contributed by atoms with Crippen LogP contribution in [0.15, 0.2) is 29.3 Å². The first-order chi connectivity index (χ1) is 11.4. The predicted octanol–water partition coefficient (Wildman–Crippen LogP) is 3.75. The van der Waals surface area contributed by atoms with Crippen LogP contribution in [-0.2, 0) is 5.41 Å². The average molecular weight is 459 g/mol. The normalized spacial score (nSPS) is 21.4. The van der Waals surface area contributed by atoms with Crippen molar-refractivity contribution in [3.05, 3.63) is 35.4 Å². The van der Waals surface area contributed by atoms with Crippen LogP contribution in [0.2, 0.25) is 0 Å². The fourth-order valence-electron chi connectivity index (χ4n) is 3.11. The molecule has 0 aromatic heterocycles. The molecule has 0 unspecified atom stereocenters. The van der Waals surface area contributed by atoms with Gasteiger partial charge in [-0.3, -0.25) is 4.99 Å². The van der Waals surface area contributed by atoms with Crippen molar-refractivity contribution >= 4 is 29.9 Å². The summed E-state index contributed by atoms with van der Waals surface area (Å²) in [7, 11) is 0. The molecule has 0 heterocycles. The molecule has 1 saturated carbocycles. The van der Waals surface area contributed by atoms with Crippen molar-refractivity contribution < 1.29 is 5.11 Å². The van der Waals surface area contributed by atoms with Gasteiger partial charge in [-0.25, -0.2) is 0 Å².